The first-order valence-electron chi connectivity index (χ1n) is 12.9. The second kappa shape index (κ2) is 13.0. The summed E-state index contributed by atoms with van der Waals surface area (Å²) in [6.45, 7) is 3.78. The van der Waals surface area contributed by atoms with Crippen LogP contribution in [0, 0.1) is 0 Å². The van der Waals surface area contributed by atoms with Crippen molar-refractivity contribution in [1.29, 1.82) is 0 Å². The van der Waals surface area contributed by atoms with Crippen LogP contribution in [0.2, 0.25) is 0 Å². The number of furan rings is 1. The number of hydrogen-bond acceptors (Lipinski definition) is 9. The van der Waals surface area contributed by atoms with Gasteiger partial charge >= 0.3 is 0 Å². The molecule has 0 aliphatic rings. The predicted molar refractivity (Wildman–Crippen MR) is 150 cm³/mol. The zero-order valence-corrected chi connectivity index (χ0v) is 21.2. The summed E-state index contributed by atoms with van der Waals surface area (Å²) < 4.78 is 17.2. The molecule has 5 rings (SSSR count). The molecule has 0 saturated heterocycles. The van der Waals surface area contributed by atoms with Gasteiger partial charge in [-0.3, -0.25) is 0 Å². The van der Waals surface area contributed by atoms with Crippen LogP contribution < -0.4 is 16.4 Å². The van der Waals surface area contributed by atoms with E-state index in [2.05, 4.69) is 39.9 Å². The van der Waals surface area contributed by atoms with Gasteiger partial charge in [-0.05, 0) is 24.1 Å². The quantitative estimate of drug-likeness (QED) is 0.185. The Balaban J connectivity index is 1.35. The monoisotopic (exact) mass is 512 g/mol. The molecule has 2 aromatic heterocycles. The van der Waals surface area contributed by atoms with Gasteiger partial charge in [-0.1, -0.05) is 60.7 Å². The van der Waals surface area contributed by atoms with E-state index >= 15 is 0 Å². The average Bonchev–Trinajstić information content (AvgIpc) is 3.34. The van der Waals surface area contributed by atoms with Crippen molar-refractivity contribution in [3.63, 3.8) is 0 Å². The third kappa shape index (κ3) is 6.44. The molecule has 0 unspecified atom stereocenters. The summed E-state index contributed by atoms with van der Waals surface area (Å²) in [4.78, 5) is 14.1. The average molecular weight is 513 g/mol. The summed E-state index contributed by atoms with van der Waals surface area (Å²) in [5, 5.41) is 8.70. The number of nitrogens with zero attached hydrogens (tertiary/aromatic N) is 3. The molecule has 0 aliphatic heterocycles. The normalized spacial score (nSPS) is 11.3. The third-order valence-electron chi connectivity index (χ3n) is 5.98. The first kappa shape index (κ1) is 25.6. The molecule has 0 amide bonds. The molecule has 0 aliphatic carbocycles. The number of anilines is 2. The Morgan fingerprint density at radius 3 is 2.21 bits per heavy atom. The van der Waals surface area contributed by atoms with E-state index in [9.17, 15) is 0 Å². The molecule has 0 radical (unpaired) electrons. The largest absolute Gasteiger partial charge is 0.455 e. The van der Waals surface area contributed by atoms with Gasteiger partial charge in [0.05, 0.1) is 32.0 Å². The van der Waals surface area contributed by atoms with Crippen LogP contribution in [0.15, 0.2) is 77.2 Å². The Kier molecular flexibility index (Phi) is 8.73. The Morgan fingerprint density at radius 2 is 1.39 bits per heavy atom. The van der Waals surface area contributed by atoms with Crippen LogP contribution in [-0.2, 0) is 15.9 Å². The molecule has 9 heteroatoms. The van der Waals surface area contributed by atoms with E-state index in [1.807, 2.05) is 48.5 Å². The Bertz CT molecular complexity index is 1460. The van der Waals surface area contributed by atoms with Crippen molar-refractivity contribution in [3.05, 3.63) is 78.4 Å². The molecule has 2 heterocycles. The Morgan fingerprint density at radius 1 is 0.684 bits per heavy atom. The predicted octanol–water partition coefficient (Wildman–Crippen LogP) is 4.50. The number of fused-ring (bicyclic) bond motifs is 3. The van der Waals surface area contributed by atoms with Gasteiger partial charge in [0.25, 0.3) is 0 Å². The zero-order valence-electron chi connectivity index (χ0n) is 21.2. The Hall–Kier alpha value is -4.05. The molecule has 9 nitrogen and oxygen atoms in total. The molecule has 38 heavy (non-hydrogen) atoms. The van der Waals surface area contributed by atoms with Crippen molar-refractivity contribution in [1.82, 2.24) is 15.0 Å². The second-order valence-electron chi connectivity index (χ2n) is 8.69. The molecule has 0 atom stereocenters. The number of benzene rings is 3. The summed E-state index contributed by atoms with van der Waals surface area (Å²) in [6.07, 6.45) is 0.851. The number of hydrogen-bond donors (Lipinski definition) is 3. The van der Waals surface area contributed by atoms with Gasteiger partial charge in [-0.2, -0.15) is 15.0 Å². The van der Waals surface area contributed by atoms with Crippen molar-refractivity contribution in [2.75, 3.05) is 56.7 Å². The maximum atomic E-state index is 6.23. The van der Waals surface area contributed by atoms with E-state index in [0.717, 1.165) is 33.9 Å². The maximum absolute atomic E-state index is 6.23. The van der Waals surface area contributed by atoms with E-state index < -0.39 is 0 Å². The number of nitrogens with one attached hydrogen (secondary N) is 2. The van der Waals surface area contributed by atoms with Crippen LogP contribution >= 0.6 is 0 Å². The van der Waals surface area contributed by atoms with E-state index in [-0.39, 0.29) is 0 Å². The highest BCUT2D eigenvalue weighted by Gasteiger charge is 2.16. The molecule has 0 saturated carbocycles. The lowest BCUT2D eigenvalue weighted by Gasteiger charge is -2.11. The van der Waals surface area contributed by atoms with Crippen LogP contribution in [-0.4, -0.2) is 61.0 Å². The first-order valence-corrected chi connectivity index (χ1v) is 12.9. The van der Waals surface area contributed by atoms with Crippen molar-refractivity contribution in [2.45, 2.75) is 6.42 Å². The molecule has 196 valence electrons. The SMILES string of the molecule is NCCOCCOCCNc1nc(NCCc2ccccc2)nc(-c2cccc3c2oc2ccccc23)n1. The summed E-state index contributed by atoms with van der Waals surface area (Å²) in [5.74, 6) is 1.50. The van der Waals surface area contributed by atoms with E-state index in [1.165, 1.54) is 5.56 Å². The number of para-hydroxylation sites is 2. The highest BCUT2D eigenvalue weighted by atomic mass is 16.5. The molecule has 3 aromatic carbocycles. The molecular weight excluding hydrogens is 480 g/mol. The maximum Gasteiger partial charge on any atom is 0.228 e. The first-order chi connectivity index (χ1) is 18.8. The second-order valence-corrected chi connectivity index (χ2v) is 8.69. The smallest absolute Gasteiger partial charge is 0.228 e. The minimum Gasteiger partial charge on any atom is -0.455 e. The molecule has 5 aromatic rings. The lowest BCUT2D eigenvalue weighted by Crippen LogP contribution is -2.17. The van der Waals surface area contributed by atoms with E-state index in [4.69, 9.17) is 29.6 Å². The minimum absolute atomic E-state index is 0.466. The van der Waals surface area contributed by atoms with Gasteiger partial charge in [0, 0.05) is 30.4 Å². The zero-order chi connectivity index (χ0) is 26.0. The lowest BCUT2D eigenvalue weighted by atomic mass is 10.1. The Labute approximate surface area is 221 Å². The van der Waals surface area contributed by atoms with Crippen molar-refractivity contribution in [3.8, 4) is 11.4 Å². The highest BCUT2D eigenvalue weighted by Crippen LogP contribution is 2.34. The fourth-order valence-corrected chi connectivity index (χ4v) is 4.18. The van der Waals surface area contributed by atoms with Crippen LogP contribution in [0.4, 0.5) is 11.9 Å². The molecule has 0 bridgehead atoms. The van der Waals surface area contributed by atoms with Gasteiger partial charge in [0.1, 0.15) is 11.2 Å². The minimum atomic E-state index is 0.466. The van der Waals surface area contributed by atoms with E-state index in [1.54, 1.807) is 0 Å². The fourth-order valence-electron chi connectivity index (χ4n) is 4.18. The van der Waals surface area contributed by atoms with Crippen molar-refractivity contribution < 1.29 is 13.9 Å². The summed E-state index contributed by atoms with van der Waals surface area (Å²) in [7, 11) is 0. The van der Waals surface area contributed by atoms with E-state index in [0.29, 0.717) is 63.8 Å². The van der Waals surface area contributed by atoms with Gasteiger partial charge in [-0.15, -0.1) is 0 Å². The van der Waals surface area contributed by atoms with Gasteiger partial charge < -0.3 is 30.3 Å². The van der Waals surface area contributed by atoms with Crippen LogP contribution in [0.5, 0.6) is 0 Å². The fraction of sp³-hybridized carbons (Fsp3) is 0.276. The van der Waals surface area contributed by atoms with Crippen LogP contribution in [0.3, 0.4) is 0 Å². The van der Waals surface area contributed by atoms with Crippen molar-refractivity contribution >= 4 is 33.8 Å². The number of nitrogens with two attached hydrogens (primary N) is 1. The third-order valence-corrected chi connectivity index (χ3v) is 5.98. The molecule has 4 N–H and O–H groups in total. The van der Waals surface area contributed by atoms with Crippen molar-refractivity contribution in [2.24, 2.45) is 5.73 Å². The summed E-state index contributed by atoms with van der Waals surface area (Å²) in [6, 6.07) is 24.3. The van der Waals surface area contributed by atoms with Crippen LogP contribution in [0.1, 0.15) is 5.56 Å². The summed E-state index contributed by atoms with van der Waals surface area (Å²) >= 11 is 0. The summed E-state index contributed by atoms with van der Waals surface area (Å²) in [5.41, 5.74) is 9.06. The molecule has 0 fully saturated rings. The van der Waals surface area contributed by atoms with Gasteiger partial charge in [0.2, 0.25) is 11.9 Å². The van der Waals surface area contributed by atoms with Crippen LogP contribution in [0.25, 0.3) is 33.3 Å². The lowest BCUT2D eigenvalue weighted by molar-refractivity contribution is 0.0547. The number of rotatable bonds is 14. The topological polar surface area (TPSA) is 120 Å². The number of ether oxygens (including phenoxy) is 2. The molecular formula is C29H32N6O3. The standard InChI is InChI=1S/C29H32N6O3/c30-14-17-36-19-20-37-18-16-32-29-34-27(33-28(35-29)31-15-13-21-7-2-1-3-8-21)24-11-6-10-23-22-9-4-5-12-25(22)38-26(23)24/h1-12H,13-20,30H2,(H2,31,32,33,34,35). The van der Waals surface area contributed by atoms with Gasteiger partial charge in [-0.25, -0.2) is 0 Å². The molecule has 0 spiro atoms. The van der Waals surface area contributed by atoms with Gasteiger partial charge in [0.15, 0.2) is 5.82 Å². The highest BCUT2D eigenvalue weighted by molar-refractivity contribution is 6.09. The number of aromatic nitrogens is 3.